The lowest BCUT2D eigenvalue weighted by Gasteiger charge is -2.32. The number of para-hydroxylation sites is 2. The third kappa shape index (κ3) is 6.65. The number of rotatable bonds is 9. The minimum absolute atomic E-state index is 0.0747. The molecule has 0 spiro atoms. The number of carbonyl (C=O) groups excluding carboxylic acids is 1. The molecule has 0 aromatic heterocycles. The summed E-state index contributed by atoms with van der Waals surface area (Å²) in [6.07, 6.45) is 0.952. The van der Waals surface area contributed by atoms with E-state index in [2.05, 4.69) is 5.32 Å². The van der Waals surface area contributed by atoms with Gasteiger partial charge in [-0.15, -0.1) is 0 Å². The van der Waals surface area contributed by atoms with Gasteiger partial charge in [0.25, 0.3) is 0 Å². The summed E-state index contributed by atoms with van der Waals surface area (Å²) in [6, 6.07) is 15.8. The Balaban J connectivity index is 2.36. The zero-order valence-electron chi connectivity index (χ0n) is 16.4. The van der Waals surface area contributed by atoms with Gasteiger partial charge in [0.2, 0.25) is 0 Å². The van der Waals surface area contributed by atoms with Crippen LogP contribution in [-0.4, -0.2) is 35.5 Å². The summed E-state index contributed by atoms with van der Waals surface area (Å²) in [5.41, 5.74) is 0.259. The standard InChI is InChI=1S/C22H25NO6/c1-22(2,13-12-19(25)26)20(17-10-6-7-11-18(17)28-15-14-24)29-21(27)23-16-8-4-3-5-9-16/h3-13,20,24H,14-15H2,1-2H3,(H,23,27)(H,25,26)/b13-12+/t20-/m0/s1. The molecule has 0 bridgehead atoms. The van der Waals surface area contributed by atoms with Crippen molar-refractivity contribution in [2.24, 2.45) is 5.41 Å². The number of carbonyl (C=O) groups is 2. The summed E-state index contributed by atoms with van der Waals surface area (Å²) in [6.45, 7) is 3.42. The van der Waals surface area contributed by atoms with Crippen LogP contribution in [0.2, 0.25) is 0 Å². The number of aliphatic hydroxyl groups excluding tert-OH is 1. The lowest BCUT2D eigenvalue weighted by Crippen LogP contribution is -2.28. The number of hydrogen-bond donors (Lipinski definition) is 3. The zero-order valence-corrected chi connectivity index (χ0v) is 16.4. The second kappa shape index (κ2) is 10.3. The van der Waals surface area contributed by atoms with Crippen molar-refractivity contribution in [3.63, 3.8) is 0 Å². The van der Waals surface area contributed by atoms with Crippen molar-refractivity contribution in [3.8, 4) is 5.75 Å². The van der Waals surface area contributed by atoms with E-state index in [0.29, 0.717) is 17.0 Å². The summed E-state index contributed by atoms with van der Waals surface area (Å²) < 4.78 is 11.3. The molecule has 0 aliphatic carbocycles. The third-order valence-corrected chi connectivity index (χ3v) is 4.13. The van der Waals surface area contributed by atoms with Gasteiger partial charge in [0.15, 0.2) is 0 Å². The number of anilines is 1. The van der Waals surface area contributed by atoms with Crippen LogP contribution < -0.4 is 10.1 Å². The Hall–Kier alpha value is -3.32. The zero-order chi connectivity index (χ0) is 21.3. The first kappa shape index (κ1) is 22.0. The molecule has 3 N–H and O–H groups in total. The predicted octanol–water partition coefficient (Wildman–Crippen LogP) is 4.01. The van der Waals surface area contributed by atoms with Crippen LogP contribution in [0.3, 0.4) is 0 Å². The van der Waals surface area contributed by atoms with Crippen molar-refractivity contribution in [2.45, 2.75) is 20.0 Å². The summed E-state index contributed by atoms with van der Waals surface area (Å²) in [5, 5.41) is 20.8. The van der Waals surface area contributed by atoms with E-state index in [1.807, 2.05) is 6.07 Å². The number of amides is 1. The fraction of sp³-hybridized carbons (Fsp3) is 0.273. The van der Waals surface area contributed by atoms with Crippen LogP contribution in [-0.2, 0) is 9.53 Å². The van der Waals surface area contributed by atoms with Crippen molar-refractivity contribution in [2.75, 3.05) is 18.5 Å². The quantitative estimate of drug-likeness (QED) is 0.550. The Morgan fingerprint density at radius 2 is 1.76 bits per heavy atom. The Morgan fingerprint density at radius 3 is 2.41 bits per heavy atom. The number of aliphatic hydroxyl groups is 1. The molecule has 1 amide bonds. The van der Waals surface area contributed by atoms with E-state index in [1.165, 1.54) is 6.08 Å². The first-order chi connectivity index (χ1) is 13.8. The molecule has 7 heteroatoms. The van der Waals surface area contributed by atoms with Gasteiger partial charge in [0.05, 0.1) is 6.61 Å². The van der Waals surface area contributed by atoms with Gasteiger partial charge in [0.1, 0.15) is 18.5 Å². The Morgan fingerprint density at radius 1 is 1.10 bits per heavy atom. The molecule has 0 aliphatic heterocycles. The summed E-state index contributed by atoms with van der Waals surface area (Å²) >= 11 is 0. The van der Waals surface area contributed by atoms with Gasteiger partial charge in [-0.3, -0.25) is 5.32 Å². The number of carboxylic acids is 1. The topological polar surface area (TPSA) is 105 Å². The highest BCUT2D eigenvalue weighted by atomic mass is 16.6. The van der Waals surface area contributed by atoms with Gasteiger partial charge in [0, 0.05) is 22.7 Å². The van der Waals surface area contributed by atoms with Gasteiger partial charge in [-0.1, -0.05) is 56.3 Å². The van der Waals surface area contributed by atoms with Crippen LogP contribution in [0.15, 0.2) is 66.7 Å². The van der Waals surface area contributed by atoms with Gasteiger partial charge >= 0.3 is 12.1 Å². The Bertz CT molecular complexity index is 847. The van der Waals surface area contributed by atoms with E-state index in [4.69, 9.17) is 19.7 Å². The highest BCUT2D eigenvalue weighted by molar-refractivity contribution is 5.84. The highest BCUT2D eigenvalue weighted by Crippen LogP contribution is 2.42. The third-order valence-electron chi connectivity index (χ3n) is 4.13. The maximum atomic E-state index is 12.6. The van der Waals surface area contributed by atoms with Crippen molar-refractivity contribution in [1.82, 2.24) is 0 Å². The largest absolute Gasteiger partial charge is 0.491 e. The van der Waals surface area contributed by atoms with Crippen LogP contribution >= 0.6 is 0 Å². The molecule has 154 valence electrons. The number of nitrogens with one attached hydrogen (secondary N) is 1. The van der Waals surface area contributed by atoms with Crippen molar-refractivity contribution >= 4 is 17.7 Å². The van der Waals surface area contributed by atoms with Gasteiger partial charge in [-0.2, -0.15) is 0 Å². The number of hydrogen-bond acceptors (Lipinski definition) is 5. The monoisotopic (exact) mass is 399 g/mol. The molecule has 0 saturated carbocycles. The normalized spacial score (nSPS) is 12.4. The smallest absolute Gasteiger partial charge is 0.412 e. The molecule has 0 heterocycles. The second-order valence-corrected chi connectivity index (χ2v) is 6.88. The molecule has 1 atom stereocenters. The summed E-state index contributed by atoms with van der Waals surface area (Å²) in [5.74, 6) is -0.661. The molecule has 2 aromatic rings. The first-order valence-corrected chi connectivity index (χ1v) is 9.11. The molecular weight excluding hydrogens is 374 g/mol. The van der Waals surface area contributed by atoms with Crippen LogP contribution in [0, 0.1) is 5.41 Å². The lowest BCUT2D eigenvalue weighted by atomic mass is 9.81. The molecule has 0 fully saturated rings. The van der Waals surface area contributed by atoms with Crippen LogP contribution in [0.1, 0.15) is 25.5 Å². The Kier molecular flexibility index (Phi) is 7.79. The molecule has 0 saturated heterocycles. The molecule has 0 unspecified atom stereocenters. The number of ether oxygens (including phenoxy) is 2. The van der Waals surface area contributed by atoms with Crippen molar-refractivity contribution < 1.29 is 29.3 Å². The lowest BCUT2D eigenvalue weighted by molar-refractivity contribution is -0.131. The molecule has 7 nitrogen and oxygen atoms in total. The molecule has 2 aromatic carbocycles. The van der Waals surface area contributed by atoms with E-state index in [0.717, 1.165) is 6.08 Å². The van der Waals surface area contributed by atoms with E-state index in [1.54, 1.807) is 62.4 Å². The Labute approximate surface area is 169 Å². The highest BCUT2D eigenvalue weighted by Gasteiger charge is 2.34. The molecule has 0 aliphatic rings. The fourth-order valence-corrected chi connectivity index (χ4v) is 2.75. The second-order valence-electron chi connectivity index (χ2n) is 6.88. The van der Waals surface area contributed by atoms with E-state index < -0.39 is 23.6 Å². The average Bonchev–Trinajstić information content (AvgIpc) is 2.70. The average molecular weight is 399 g/mol. The molecule has 2 rings (SSSR count). The maximum absolute atomic E-state index is 12.6. The summed E-state index contributed by atoms with van der Waals surface area (Å²) in [7, 11) is 0. The van der Waals surface area contributed by atoms with Crippen molar-refractivity contribution in [1.29, 1.82) is 0 Å². The molecule has 29 heavy (non-hydrogen) atoms. The predicted molar refractivity (Wildman–Crippen MR) is 109 cm³/mol. The van der Waals surface area contributed by atoms with Gasteiger partial charge in [-0.05, 0) is 18.2 Å². The maximum Gasteiger partial charge on any atom is 0.412 e. The minimum Gasteiger partial charge on any atom is -0.491 e. The fourth-order valence-electron chi connectivity index (χ4n) is 2.75. The van der Waals surface area contributed by atoms with Gasteiger partial charge in [-0.25, -0.2) is 9.59 Å². The molecule has 0 radical (unpaired) electrons. The van der Waals surface area contributed by atoms with Crippen LogP contribution in [0.5, 0.6) is 5.75 Å². The first-order valence-electron chi connectivity index (χ1n) is 9.11. The number of carboxylic acid groups (broad SMARTS) is 1. The van der Waals surface area contributed by atoms with Crippen LogP contribution in [0.25, 0.3) is 0 Å². The summed E-state index contributed by atoms with van der Waals surface area (Å²) in [4.78, 5) is 23.6. The van der Waals surface area contributed by atoms with Gasteiger partial charge < -0.3 is 19.7 Å². The van der Waals surface area contributed by atoms with E-state index >= 15 is 0 Å². The minimum atomic E-state index is -1.10. The SMILES string of the molecule is CC(C)(/C=C/C(=O)O)[C@@H](OC(=O)Nc1ccccc1)c1ccccc1OCCO. The van der Waals surface area contributed by atoms with E-state index in [-0.39, 0.29) is 13.2 Å². The number of aliphatic carboxylic acids is 1. The van der Waals surface area contributed by atoms with E-state index in [9.17, 15) is 9.59 Å². The number of benzene rings is 2. The van der Waals surface area contributed by atoms with Crippen molar-refractivity contribution in [3.05, 3.63) is 72.3 Å². The molecular formula is C22H25NO6. The van der Waals surface area contributed by atoms with Crippen LogP contribution in [0.4, 0.5) is 10.5 Å².